The number of carboxylic acid groups (broad SMARTS) is 1. The third-order valence-electron chi connectivity index (χ3n) is 3.96. The number of hydrogen-bond donors (Lipinski definition) is 2. The number of nitrogens with zero attached hydrogens (tertiary/aromatic N) is 1. The Morgan fingerprint density at radius 2 is 2.14 bits per heavy atom. The van der Waals surface area contributed by atoms with Crippen molar-refractivity contribution >= 4 is 22.8 Å². The minimum Gasteiger partial charge on any atom is -0.481 e. The molecule has 1 fully saturated rings. The Labute approximate surface area is 121 Å². The molecule has 0 bridgehead atoms. The van der Waals surface area contributed by atoms with E-state index in [1.165, 1.54) is 0 Å². The molecule has 1 amide bonds. The van der Waals surface area contributed by atoms with E-state index in [2.05, 4.69) is 10.5 Å². The normalized spacial score (nSPS) is 21.5. The molecule has 3 rings (SSSR count). The molecule has 0 aliphatic heterocycles. The molecule has 1 heterocycles. The highest BCUT2D eigenvalue weighted by Crippen LogP contribution is 2.26. The molecule has 0 unspecified atom stereocenters. The van der Waals surface area contributed by atoms with Crippen LogP contribution in [0, 0.1) is 5.92 Å². The number of aliphatic carboxylic acids is 1. The van der Waals surface area contributed by atoms with Gasteiger partial charge in [-0.15, -0.1) is 0 Å². The van der Waals surface area contributed by atoms with Crippen LogP contribution >= 0.6 is 0 Å². The number of fused-ring (bicyclic) bond motifs is 1. The maximum atomic E-state index is 12.1. The first-order valence-electron chi connectivity index (χ1n) is 7.00. The SMILES string of the molecule is O=C(Cc1noc2ccccc12)N[C@H]1CCC[C@H]1C(=O)O. The molecular weight excluding hydrogens is 272 g/mol. The number of carbonyl (C=O) groups excluding carboxylic acids is 1. The van der Waals surface area contributed by atoms with E-state index in [0.717, 1.165) is 11.8 Å². The van der Waals surface area contributed by atoms with E-state index in [1.54, 1.807) is 6.07 Å². The molecule has 1 aliphatic rings. The molecule has 0 saturated heterocycles. The number of rotatable bonds is 4. The van der Waals surface area contributed by atoms with E-state index in [0.29, 0.717) is 24.1 Å². The fourth-order valence-electron chi connectivity index (χ4n) is 2.90. The van der Waals surface area contributed by atoms with Crippen molar-refractivity contribution in [1.29, 1.82) is 0 Å². The van der Waals surface area contributed by atoms with Crippen LogP contribution in [0.25, 0.3) is 11.0 Å². The molecule has 1 saturated carbocycles. The molecule has 6 nitrogen and oxygen atoms in total. The maximum absolute atomic E-state index is 12.1. The molecule has 21 heavy (non-hydrogen) atoms. The predicted octanol–water partition coefficient (Wildman–Crippen LogP) is 1.74. The highest BCUT2D eigenvalue weighted by molar-refractivity contribution is 5.86. The van der Waals surface area contributed by atoms with Crippen LogP contribution in [-0.2, 0) is 16.0 Å². The predicted molar refractivity (Wildman–Crippen MR) is 74.6 cm³/mol. The smallest absolute Gasteiger partial charge is 0.308 e. The highest BCUT2D eigenvalue weighted by Gasteiger charge is 2.33. The van der Waals surface area contributed by atoms with Crippen LogP contribution in [0.5, 0.6) is 0 Å². The first kappa shape index (κ1) is 13.6. The Morgan fingerprint density at radius 3 is 2.95 bits per heavy atom. The quantitative estimate of drug-likeness (QED) is 0.894. The average Bonchev–Trinajstić information content (AvgIpc) is 3.06. The number of para-hydroxylation sites is 1. The summed E-state index contributed by atoms with van der Waals surface area (Å²) in [6, 6.07) is 7.06. The Morgan fingerprint density at radius 1 is 1.33 bits per heavy atom. The molecule has 2 aromatic rings. The van der Waals surface area contributed by atoms with E-state index >= 15 is 0 Å². The zero-order valence-electron chi connectivity index (χ0n) is 11.4. The monoisotopic (exact) mass is 288 g/mol. The van der Waals surface area contributed by atoms with E-state index in [9.17, 15) is 9.59 Å². The molecule has 1 aliphatic carbocycles. The number of benzene rings is 1. The second-order valence-electron chi connectivity index (χ2n) is 5.35. The van der Waals surface area contributed by atoms with Crippen LogP contribution in [0.1, 0.15) is 25.0 Å². The molecule has 0 spiro atoms. The van der Waals surface area contributed by atoms with Crippen LogP contribution in [0.3, 0.4) is 0 Å². The van der Waals surface area contributed by atoms with Crippen molar-refractivity contribution in [3.63, 3.8) is 0 Å². The third-order valence-corrected chi connectivity index (χ3v) is 3.96. The second kappa shape index (κ2) is 5.55. The van der Waals surface area contributed by atoms with Crippen molar-refractivity contribution in [3.05, 3.63) is 30.0 Å². The van der Waals surface area contributed by atoms with Gasteiger partial charge in [-0.25, -0.2) is 0 Å². The van der Waals surface area contributed by atoms with Gasteiger partial charge in [0.25, 0.3) is 0 Å². The summed E-state index contributed by atoms with van der Waals surface area (Å²) in [6.45, 7) is 0. The number of carboxylic acids is 1. The van der Waals surface area contributed by atoms with Crippen LogP contribution in [0.2, 0.25) is 0 Å². The van der Waals surface area contributed by atoms with Crippen molar-refractivity contribution < 1.29 is 19.2 Å². The van der Waals surface area contributed by atoms with E-state index in [4.69, 9.17) is 9.63 Å². The van der Waals surface area contributed by atoms with Crippen molar-refractivity contribution in [2.45, 2.75) is 31.7 Å². The van der Waals surface area contributed by atoms with Crippen LogP contribution < -0.4 is 5.32 Å². The molecule has 1 aromatic heterocycles. The molecule has 0 radical (unpaired) electrons. The van der Waals surface area contributed by atoms with Crippen LogP contribution in [-0.4, -0.2) is 28.2 Å². The summed E-state index contributed by atoms with van der Waals surface area (Å²) in [6.07, 6.45) is 2.25. The van der Waals surface area contributed by atoms with Crippen molar-refractivity contribution in [1.82, 2.24) is 10.5 Å². The second-order valence-corrected chi connectivity index (χ2v) is 5.35. The number of aromatic nitrogens is 1. The molecular formula is C15H16N2O4. The Kier molecular flexibility index (Phi) is 3.60. The fraction of sp³-hybridized carbons (Fsp3) is 0.400. The van der Waals surface area contributed by atoms with Gasteiger partial charge in [0.2, 0.25) is 5.91 Å². The lowest BCUT2D eigenvalue weighted by Crippen LogP contribution is -2.40. The van der Waals surface area contributed by atoms with Gasteiger partial charge in [0.15, 0.2) is 5.58 Å². The minimum absolute atomic E-state index is 0.0971. The first-order valence-corrected chi connectivity index (χ1v) is 7.00. The standard InChI is InChI=1S/C15H16N2O4/c18-14(16-11-6-3-5-10(11)15(19)20)8-12-9-4-1-2-7-13(9)21-17-12/h1-2,4,7,10-11H,3,5-6,8H2,(H,16,18)(H,19,20)/t10-,11+/m1/s1. The summed E-state index contributed by atoms with van der Waals surface area (Å²) in [4.78, 5) is 23.2. The topological polar surface area (TPSA) is 92.4 Å². The zero-order chi connectivity index (χ0) is 14.8. The number of hydrogen-bond acceptors (Lipinski definition) is 4. The lowest BCUT2D eigenvalue weighted by atomic mass is 10.0. The third kappa shape index (κ3) is 2.74. The molecule has 2 atom stereocenters. The van der Waals surface area contributed by atoms with Gasteiger partial charge in [0.1, 0.15) is 5.69 Å². The largest absolute Gasteiger partial charge is 0.481 e. The van der Waals surface area contributed by atoms with E-state index in [1.807, 2.05) is 18.2 Å². The maximum Gasteiger partial charge on any atom is 0.308 e. The summed E-state index contributed by atoms with van der Waals surface area (Å²) < 4.78 is 5.16. The number of carbonyl (C=O) groups is 2. The van der Waals surface area contributed by atoms with Gasteiger partial charge in [-0.2, -0.15) is 0 Å². The Hall–Kier alpha value is -2.37. The fourth-order valence-corrected chi connectivity index (χ4v) is 2.90. The van der Waals surface area contributed by atoms with Gasteiger partial charge in [-0.05, 0) is 25.0 Å². The van der Waals surface area contributed by atoms with Gasteiger partial charge in [0.05, 0.1) is 12.3 Å². The van der Waals surface area contributed by atoms with Crippen molar-refractivity contribution in [3.8, 4) is 0 Å². The van der Waals surface area contributed by atoms with E-state index < -0.39 is 11.9 Å². The molecule has 110 valence electrons. The summed E-state index contributed by atoms with van der Waals surface area (Å²) in [7, 11) is 0. The Bertz CT molecular complexity index is 679. The van der Waals surface area contributed by atoms with Crippen LogP contribution in [0.4, 0.5) is 0 Å². The van der Waals surface area contributed by atoms with Crippen LogP contribution in [0.15, 0.2) is 28.8 Å². The van der Waals surface area contributed by atoms with Crippen molar-refractivity contribution in [2.24, 2.45) is 5.92 Å². The number of amides is 1. The summed E-state index contributed by atoms with van der Waals surface area (Å²) in [5, 5.41) is 16.7. The molecule has 1 aromatic carbocycles. The van der Waals surface area contributed by atoms with Gasteiger partial charge in [0, 0.05) is 11.4 Å². The van der Waals surface area contributed by atoms with Gasteiger partial charge in [-0.1, -0.05) is 23.7 Å². The molecule has 2 N–H and O–H groups in total. The van der Waals surface area contributed by atoms with Gasteiger partial charge >= 0.3 is 5.97 Å². The summed E-state index contributed by atoms with van der Waals surface area (Å²) in [5.41, 5.74) is 1.22. The van der Waals surface area contributed by atoms with Gasteiger partial charge in [-0.3, -0.25) is 9.59 Å². The lowest BCUT2D eigenvalue weighted by molar-refractivity contribution is -0.142. The minimum atomic E-state index is -0.843. The van der Waals surface area contributed by atoms with Crippen molar-refractivity contribution in [2.75, 3.05) is 0 Å². The highest BCUT2D eigenvalue weighted by atomic mass is 16.5. The summed E-state index contributed by atoms with van der Waals surface area (Å²) >= 11 is 0. The Balaban J connectivity index is 1.68. The lowest BCUT2D eigenvalue weighted by Gasteiger charge is -2.17. The summed E-state index contributed by atoms with van der Waals surface area (Å²) in [5.74, 6) is -1.54. The zero-order valence-corrected chi connectivity index (χ0v) is 11.4. The first-order chi connectivity index (χ1) is 10.1. The molecule has 6 heteroatoms. The number of nitrogens with one attached hydrogen (secondary N) is 1. The van der Waals surface area contributed by atoms with E-state index in [-0.39, 0.29) is 18.4 Å². The van der Waals surface area contributed by atoms with Gasteiger partial charge < -0.3 is 14.9 Å². The average molecular weight is 288 g/mol.